The van der Waals surface area contributed by atoms with Gasteiger partial charge in [0.05, 0.1) is 6.42 Å². The van der Waals surface area contributed by atoms with E-state index in [4.69, 9.17) is 5.11 Å². The summed E-state index contributed by atoms with van der Waals surface area (Å²) >= 11 is 3.23. The van der Waals surface area contributed by atoms with Crippen LogP contribution in [-0.4, -0.2) is 16.9 Å². The summed E-state index contributed by atoms with van der Waals surface area (Å²) in [6.07, 6.45) is -0.0619. The first-order chi connectivity index (χ1) is 6.50. The third-order valence-corrected chi connectivity index (χ3v) is 2.46. The van der Waals surface area contributed by atoms with Gasteiger partial charge in [0, 0.05) is 10.0 Å². The van der Waals surface area contributed by atoms with Crippen LogP contribution in [0.15, 0.2) is 22.7 Å². The Morgan fingerprint density at radius 3 is 2.57 bits per heavy atom. The number of aliphatic carboxylic acids is 1. The molecule has 1 rings (SSSR count). The number of Topliss-reactive ketones (excluding diaryl/α,β-unsaturated/α-hetero) is 1. The normalized spacial score (nSPS) is 9.86. The molecule has 0 radical (unpaired) electrons. The molecular formula is C10H9BrO3. The Labute approximate surface area is 89.9 Å². The average Bonchev–Trinajstić information content (AvgIpc) is 2.07. The van der Waals surface area contributed by atoms with Gasteiger partial charge in [0.1, 0.15) is 0 Å². The first kappa shape index (κ1) is 10.9. The second kappa shape index (κ2) is 4.37. The van der Waals surface area contributed by atoms with E-state index in [1.54, 1.807) is 18.2 Å². The Morgan fingerprint density at radius 2 is 2.07 bits per heavy atom. The van der Waals surface area contributed by atoms with E-state index < -0.39 is 5.97 Å². The molecule has 1 aromatic carbocycles. The number of hydrogen-bond acceptors (Lipinski definition) is 2. The van der Waals surface area contributed by atoms with Gasteiger partial charge in [0.2, 0.25) is 0 Å². The van der Waals surface area contributed by atoms with Crippen molar-refractivity contribution in [3.8, 4) is 0 Å². The quantitative estimate of drug-likeness (QED) is 0.845. The van der Waals surface area contributed by atoms with Crippen LogP contribution in [0.5, 0.6) is 0 Å². The highest BCUT2D eigenvalue weighted by atomic mass is 79.9. The molecule has 0 heterocycles. The summed E-state index contributed by atoms with van der Waals surface area (Å²) in [5.74, 6) is -0.981. The minimum atomic E-state index is -0.901. The number of rotatable bonds is 3. The van der Waals surface area contributed by atoms with E-state index >= 15 is 0 Å². The molecule has 0 unspecified atom stereocenters. The van der Waals surface area contributed by atoms with Crippen LogP contribution in [0.2, 0.25) is 0 Å². The lowest BCUT2D eigenvalue weighted by molar-refractivity contribution is -0.136. The van der Waals surface area contributed by atoms with Crippen LogP contribution in [0.25, 0.3) is 0 Å². The predicted octanol–water partition coefficient (Wildman–Crippen LogP) is 2.28. The Balaban J connectivity index is 3.06. The van der Waals surface area contributed by atoms with E-state index in [0.29, 0.717) is 15.6 Å². The van der Waals surface area contributed by atoms with E-state index in [-0.39, 0.29) is 12.2 Å². The van der Waals surface area contributed by atoms with Gasteiger partial charge in [-0.25, -0.2) is 0 Å². The molecule has 14 heavy (non-hydrogen) atoms. The first-order valence-corrected chi connectivity index (χ1v) is 4.81. The Bertz CT molecular complexity index is 385. The molecular weight excluding hydrogens is 248 g/mol. The van der Waals surface area contributed by atoms with Gasteiger partial charge in [-0.2, -0.15) is 0 Å². The molecule has 0 aliphatic heterocycles. The summed E-state index contributed by atoms with van der Waals surface area (Å²) in [7, 11) is 0. The van der Waals surface area contributed by atoms with Crippen molar-refractivity contribution < 1.29 is 14.7 Å². The van der Waals surface area contributed by atoms with Crippen LogP contribution in [0.4, 0.5) is 0 Å². The molecule has 0 aliphatic rings. The Kier molecular flexibility index (Phi) is 3.41. The number of carboxylic acids is 1. The summed E-state index contributed by atoms with van der Waals surface area (Å²) in [5, 5.41) is 8.57. The molecule has 0 saturated carbocycles. The average molecular weight is 257 g/mol. The minimum absolute atomic E-state index is 0.0619. The molecule has 0 spiro atoms. The minimum Gasteiger partial charge on any atom is -0.481 e. The highest BCUT2D eigenvalue weighted by Crippen LogP contribution is 2.19. The third kappa shape index (κ3) is 2.67. The molecule has 0 aromatic heterocycles. The third-order valence-electron chi connectivity index (χ3n) is 1.77. The molecule has 1 N–H and O–H groups in total. The molecule has 4 heteroatoms. The van der Waals surface area contributed by atoms with E-state index in [1.807, 2.05) is 0 Å². The zero-order valence-electron chi connectivity index (χ0n) is 7.58. The molecule has 0 bridgehead atoms. The second-order valence-corrected chi connectivity index (χ2v) is 3.80. The van der Waals surface area contributed by atoms with E-state index in [0.717, 1.165) is 0 Å². The molecule has 0 fully saturated rings. The van der Waals surface area contributed by atoms with Gasteiger partial charge in [-0.15, -0.1) is 0 Å². The van der Waals surface area contributed by atoms with Crippen LogP contribution in [0.3, 0.4) is 0 Å². The molecule has 0 atom stereocenters. The van der Waals surface area contributed by atoms with Gasteiger partial charge in [0.25, 0.3) is 0 Å². The maximum atomic E-state index is 11.1. The summed E-state index contributed by atoms with van der Waals surface area (Å²) in [6, 6.07) is 4.97. The van der Waals surface area contributed by atoms with Crippen molar-refractivity contribution in [1.82, 2.24) is 0 Å². The van der Waals surface area contributed by atoms with Crippen LogP contribution in [0.1, 0.15) is 22.8 Å². The predicted molar refractivity (Wildman–Crippen MR) is 55.5 cm³/mol. The molecule has 1 aromatic rings. The molecule has 0 saturated heterocycles. The van der Waals surface area contributed by atoms with Crippen molar-refractivity contribution in [2.75, 3.05) is 0 Å². The number of halogens is 1. The largest absolute Gasteiger partial charge is 0.481 e. The van der Waals surface area contributed by atoms with Crippen LogP contribution in [-0.2, 0) is 11.2 Å². The second-order valence-electron chi connectivity index (χ2n) is 2.94. The maximum Gasteiger partial charge on any atom is 0.307 e. The van der Waals surface area contributed by atoms with Gasteiger partial charge in [-0.05, 0) is 24.6 Å². The summed E-state index contributed by atoms with van der Waals surface area (Å²) in [4.78, 5) is 21.6. The summed E-state index contributed by atoms with van der Waals surface area (Å²) in [5.41, 5.74) is 1.15. The SMILES string of the molecule is CC(=O)c1cc(CC(=O)O)ccc1Br. The fourth-order valence-electron chi connectivity index (χ4n) is 1.13. The van der Waals surface area contributed by atoms with Gasteiger partial charge >= 0.3 is 5.97 Å². The van der Waals surface area contributed by atoms with Crippen LogP contribution < -0.4 is 0 Å². The van der Waals surface area contributed by atoms with E-state index in [9.17, 15) is 9.59 Å². The zero-order chi connectivity index (χ0) is 10.7. The number of carbonyl (C=O) groups is 2. The van der Waals surface area contributed by atoms with Crippen molar-refractivity contribution in [2.45, 2.75) is 13.3 Å². The fourth-order valence-corrected chi connectivity index (χ4v) is 1.65. The maximum absolute atomic E-state index is 11.1. The lowest BCUT2D eigenvalue weighted by Crippen LogP contribution is -2.02. The van der Waals surface area contributed by atoms with Crippen molar-refractivity contribution in [3.63, 3.8) is 0 Å². The fraction of sp³-hybridized carbons (Fsp3) is 0.200. The number of benzene rings is 1. The highest BCUT2D eigenvalue weighted by Gasteiger charge is 2.07. The van der Waals surface area contributed by atoms with Crippen molar-refractivity contribution >= 4 is 27.7 Å². The Hall–Kier alpha value is -1.16. The molecule has 3 nitrogen and oxygen atoms in total. The van der Waals surface area contributed by atoms with Gasteiger partial charge in [-0.1, -0.05) is 22.0 Å². The van der Waals surface area contributed by atoms with Gasteiger partial charge < -0.3 is 5.11 Å². The lowest BCUT2D eigenvalue weighted by Gasteiger charge is -2.02. The number of hydrogen-bond donors (Lipinski definition) is 1. The molecule has 74 valence electrons. The number of carboxylic acid groups (broad SMARTS) is 1. The van der Waals surface area contributed by atoms with E-state index in [1.165, 1.54) is 6.92 Å². The van der Waals surface area contributed by atoms with Crippen LogP contribution >= 0.6 is 15.9 Å². The summed E-state index contributed by atoms with van der Waals surface area (Å²) in [6.45, 7) is 1.45. The lowest BCUT2D eigenvalue weighted by atomic mass is 10.1. The highest BCUT2D eigenvalue weighted by molar-refractivity contribution is 9.10. The van der Waals surface area contributed by atoms with Gasteiger partial charge in [-0.3, -0.25) is 9.59 Å². The Morgan fingerprint density at radius 1 is 1.43 bits per heavy atom. The monoisotopic (exact) mass is 256 g/mol. The number of carbonyl (C=O) groups excluding carboxylic acids is 1. The van der Waals surface area contributed by atoms with E-state index in [2.05, 4.69) is 15.9 Å². The standard InChI is InChI=1S/C10H9BrO3/c1-6(12)8-4-7(5-10(13)14)2-3-9(8)11/h2-4H,5H2,1H3,(H,13,14). The zero-order valence-corrected chi connectivity index (χ0v) is 9.17. The van der Waals surface area contributed by atoms with Crippen molar-refractivity contribution in [3.05, 3.63) is 33.8 Å². The van der Waals surface area contributed by atoms with Gasteiger partial charge in [0.15, 0.2) is 5.78 Å². The van der Waals surface area contributed by atoms with Crippen molar-refractivity contribution in [1.29, 1.82) is 0 Å². The topological polar surface area (TPSA) is 54.4 Å². The molecule has 0 aliphatic carbocycles. The summed E-state index contributed by atoms with van der Waals surface area (Å²) < 4.78 is 0.694. The molecule has 0 amide bonds. The first-order valence-electron chi connectivity index (χ1n) is 4.02. The van der Waals surface area contributed by atoms with Crippen LogP contribution in [0, 0.1) is 0 Å². The van der Waals surface area contributed by atoms with Crippen molar-refractivity contribution in [2.24, 2.45) is 0 Å². The smallest absolute Gasteiger partial charge is 0.307 e. The number of ketones is 1.